The van der Waals surface area contributed by atoms with Crippen LogP contribution < -0.4 is 26.2 Å². The Morgan fingerprint density at radius 2 is 1.59 bits per heavy atom. The maximum absolute atomic E-state index is 14.0. The highest BCUT2D eigenvalue weighted by Gasteiger charge is 2.44. The molecule has 3 aromatic carbocycles. The number of amides is 4. The number of thiazole rings is 1. The van der Waals surface area contributed by atoms with Gasteiger partial charge >= 0.3 is 0 Å². The third kappa shape index (κ3) is 13.4. The van der Waals surface area contributed by atoms with Gasteiger partial charge in [-0.05, 0) is 72.0 Å². The maximum atomic E-state index is 14.0. The third-order valence-electron chi connectivity index (χ3n) is 12.9. The fraction of sp³-hybridized carbons (Fsp3) is 0.404. The highest BCUT2D eigenvalue weighted by Crippen LogP contribution is 2.30. The second-order valence-electron chi connectivity index (χ2n) is 19.5. The molecule has 21 heteroatoms. The SMILES string of the molecule is Cc1ncsc1-c1ccc(CNC(=O)C2C[C@@H](O)CN2C(=O)C(NC(=O)CCOCCNC(=O)CN2CCN(c3ccc(Nc4nc5cccc(-c6ccc(S(C)(=O)=O)cc6)n5n4)cc3)CC2)C(C)(C)C)cc1. The van der Waals surface area contributed by atoms with Gasteiger partial charge < -0.3 is 40.9 Å². The number of carbonyl (C=O) groups excluding carboxylic acids is 4. The van der Waals surface area contributed by atoms with E-state index in [0.717, 1.165) is 57.4 Å². The van der Waals surface area contributed by atoms with Crippen molar-refractivity contribution in [1.82, 2.24) is 45.3 Å². The number of anilines is 3. The van der Waals surface area contributed by atoms with Crippen LogP contribution in [0, 0.1) is 12.3 Å². The Morgan fingerprint density at radius 1 is 0.877 bits per heavy atom. The molecule has 19 nitrogen and oxygen atoms in total. The number of likely N-dealkylation sites (tertiary alicyclic amines) is 1. The van der Waals surface area contributed by atoms with Gasteiger partial charge in [-0.1, -0.05) is 63.2 Å². The number of aromatic nitrogens is 4. The number of pyridine rings is 1. The van der Waals surface area contributed by atoms with Crippen LogP contribution in [-0.2, 0) is 40.3 Å². The molecule has 5 N–H and O–H groups in total. The van der Waals surface area contributed by atoms with Crippen LogP contribution in [-0.4, -0.2) is 150 Å². The molecule has 2 saturated heterocycles. The van der Waals surface area contributed by atoms with Crippen molar-refractivity contribution in [3.05, 3.63) is 108 Å². The lowest BCUT2D eigenvalue weighted by Gasteiger charge is -2.35. The molecule has 3 atom stereocenters. The number of nitrogens with zero attached hydrogens (tertiary/aromatic N) is 7. The van der Waals surface area contributed by atoms with Crippen molar-refractivity contribution in [3.63, 3.8) is 0 Å². The van der Waals surface area contributed by atoms with Crippen LogP contribution in [0.4, 0.5) is 17.3 Å². The van der Waals surface area contributed by atoms with Crippen molar-refractivity contribution in [3.8, 4) is 21.7 Å². The van der Waals surface area contributed by atoms with Crippen LogP contribution in [0.5, 0.6) is 0 Å². The molecule has 6 aromatic rings. The number of rotatable bonds is 19. The number of aliphatic hydroxyl groups excluding tert-OH is 1. The Hall–Kier alpha value is -6.78. The average molecular weight is 1030 g/mol. The minimum Gasteiger partial charge on any atom is -0.391 e. The van der Waals surface area contributed by atoms with Crippen LogP contribution in [0.3, 0.4) is 0 Å². The Labute approximate surface area is 429 Å². The predicted molar refractivity (Wildman–Crippen MR) is 280 cm³/mol. The Bertz CT molecular complexity index is 3000. The Balaban J connectivity index is 0.718. The second kappa shape index (κ2) is 23.0. The molecule has 2 unspecified atom stereocenters. The molecule has 2 aliphatic heterocycles. The monoisotopic (exact) mass is 1030 g/mol. The van der Waals surface area contributed by atoms with Gasteiger partial charge in [0.2, 0.25) is 29.6 Å². The lowest BCUT2D eigenvalue weighted by Crippen LogP contribution is -2.57. The molecule has 0 aliphatic carbocycles. The van der Waals surface area contributed by atoms with E-state index in [1.165, 1.54) is 11.2 Å². The second-order valence-corrected chi connectivity index (χ2v) is 22.4. The molecule has 0 radical (unpaired) electrons. The van der Waals surface area contributed by atoms with Crippen molar-refractivity contribution < 1.29 is 37.4 Å². The number of carbonyl (C=O) groups is 4. The van der Waals surface area contributed by atoms with Gasteiger partial charge in [0.05, 0.1) is 52.5 Å². The average Bonchev–Trinajstić information content (AvgIpc) is 4.11. The molecular formula is C52H63N11O8S2. The van der Waals surface area contributed by atoms with Crippen molar-refractivity contribution in [2.45, 2.75) is 70.2 Å². The molecule has 4 amide bonds. The van der Waals surface area contributed by atoms with Crippen molar-refractivity contribution >= 4 is 67.8 Å². The number of ether oxygens (including phenoxy) is 1. The molecule has 0 bridgehead atoms. The summed E-state index contributed by atoms with van der Waals surface area (Å²) in [5.41, 5.74) is 8.09. The predicted octanol–water partition coefficient (Wildman–Crippen LogP) is 4.43. The van der Waals surface area contributed by atoms with E-state index in [2.05, 4.69) is 46.1 Å². The minimum absolute atomic E-state index is 0.0142. The Morgan fingerprint density at radius 3 is 2.26 bits per heavy atom. The number of hydrogen-bond donors (Lipinski definition) is 5. The fourth-order valence-corrected chi connectivity index (χ4v) is 10.3. The summed E-state index contributed by atoms with van der Waals surface area (Å²) in [4.78, 5) is 69.5. The number of sulfone groups is 1. The van der Waals surface area contributed by atoms with E-state index in [4.69, 9.17) is 4.74 Å². The first-order valence-electron chi connectivity index (χ1n) is 24.3. The quantitative estimate of drug-likeness (QED) is 0.0707. The van der Waals surface area contributed by atoms with E-state index >= 15 is 0 Å². The molecule has 73 heavy (non-hydrogen) atoms. The third-order valence-corrected chi connectivity index (χ3v) is 15.0. The number of hydrogen-bond acceptors (Lipinski definition) is 15. The van der Waals surface area contributed by atoms with E-state index in [-0.39, 0.29) is 68.9 Å². The van der Waals surface area contributed by atoms with Gasteiger partial charge in [0.25, 0.3) is 0 Å². The van der Waals surface area contributed by atoms with E-state index < -0.39 is 45.3 Å². The summed E-state index contributed by atoms with van der Waals surface area (Å²) in [5, 5.41) is 27.2. The summed E-state index contributed by atoms with van der Waals surface area (Å²) in [6.45, 7) is 11.4. The molecule has 2 aliphatic rings. The number of aliphatic hydroxyl groups is 1. The zero-order valence-electron chi connectivity index (χ0n) is 41.7. The summed E-state index contributed by atoms with van der Waals surface area (Å²) in [5.74, 6) is -0.906. The molecule has 0 spiro atoms. The first-order valence-corrected chi connectivity index (χ1v) is 27.1. The van der Waals surface area contributed by atoms with E-state index in [1.807, 2.05) is 99.9 Å². The summed E-state index contributed by atoms with van der Waals surface area (Å²) in [6.07, 6.45) is 0.380. The summed E-state index contributed by atoms with van der Waals surface area (Å²) in [6, 6.07) is 26.3. The lowest BCUT2D eigenvalue weighted by molar-refractivity contribution is -0.144. The van der Waals surface area contributed by atoms with Gasteiger partial charge in [-0.3, -0.25) is 24.1 Å². The molecule has 386 valence electrons. The van der Waals surface area contributed by atoms with Crippen LogP contribution in [0.2, 0.25) is 0 Å². The highest BCUT2D eigenvalue weighted by atomic mass is 32.2. The van der Waals surface area contributed by atoms with Gasteiger partial charge in [0, 0.05) is 81.8 Å². The minimum atomic E-state index is -3.31. The molecule has 5 heterocycles. The summed E-state index contributed by atoms with van der Waals surface area (Å²) < 4.78 is 31.3. The van der Waals surface area contributed by atoms with Gasteiger partial charge in [0.15, 0.2) is 15.5 Å². The van der Waals surface area contributed by atoms with Crippen LogP contribution in [0.1, 0.15) is 44.9 Å². The lowest BCUT2D eigenvalue weighted by atomic mass is 9.85. The van der Waals surface area contributed by atoms with E-state index in [0.29, 0.717) is 24.7 Å². The highest BCUT2D eigenvalue weighted by molar-refractivity contribution is 7.90. The molecule has 3 aromatic heterocycles. The number of aryl methyl sites for hydroxylation is 1. The zero-order valence-corrected chi connectivity index (χ0v) is 43.3. The summed E-state index contributed by atoms with van der Waals surface area (Å²) >= 11 is 1.57. The molecular weight excluding hydrogens is 971 g/mol. The van der Waals surface area contributed by atoms with E-state index in [1.54, 1.807) is 40.1 Å². The van der Waals surface area contributed by atoms with Crippen LogP contribution in [0.15, 0.2) is 101 Å². The van der Waals surface area contributed by atoms with Crippen molar-refractivity contribution in [2.75, 3.05) is 75.5 Å². The zero-order chi connectivity index (χ0) is 51.9. The first kappa shape index (κ1) is 52.5. The topological polar surface area (TPSA) is 233 Å². The molecule has 8 rings (SSSR count). The summed E-state index contributed by atoms with van der Waals surface area (Å²) in [7, 11) is -3.31. The number of fused-ring (bicyclic) bond motifs is 1. The maximum Gasteiger partial charge on any atom is 0.247 e. The van der Waals surface area contributed by atoms with Crippen molar-refractivity contribution in [1.29, 1.82) is 0 Å². The van der Waals surface area contributed by atoms with Gasteiger partial charge in [0.1, 0.15) is 12.1 Å². The van der Waals surface area contributed by atoms with Gasteiger partial charge in [-0.25, -0.2) is 17.9 Å². The number of β-amino-alcohol motifs (C(OH)–C–C–N with tert-alkyl or cyclic N) is 1. The fourth-order valence-electron chi connectivity index (χ4n) is 8.90. The Kier molecular flexibility index (Phi) is 16.5. The van der Waals surface area contributed by atoms with Crippen LogP contribution in [0.25, 0.3) is 27.3 Å². The van der Waals surface area contributed by atoms with Gasteiger partial charge in [-0.2, -0.15) is 4.98 Å². The number of piperazine rings is 1. The molecule has 2 fully saturated rings. The van der Waals surface area contributed by atoms with E-state index in [9.17, 15) is 32.7 Å². The van der Waals surface area contributed by atoms with Crippen molar-refractivity contribution in [2.24, 2.45) is 5.41 Å². The normalized spacial score (nSPS) is 16.8. The number of benzene rings is 3. The largest absolute Gasteiger partial charge is 0.391 e. The standard InChI is InChI=1S/C52H63N11O8S2/c1-34-47(72-33-55-34)37-11-9-35(10-12-37)30-54-49(67)43-29-40(64)31-62(43)50(68)48(52(2,3)4)58-45(65)21-27-71-28-22-53-46(66)32-60-23-25-61(26-24-60)39-17-15-38(16-18-39)56-51-57-44-8-6-7-42(63(44)59-51)36-13-19-41(20-14-36)73(5,69)70/h6-20,33,40,43,48,64H,21-32H2,1-5H3,(H,53,66)(H,54,67)(H,56,59)(H,58,65)/t40-,43?,48?/m1/s1. The van der Waals surface area contributed by atoms with Gasteiger partial charge in [-0.15, -0.1) is 16.4 Å². The number of nitrogens with one attached hydrogen (secondary N) is 4. The van der Waals surface area contributed by atoms with Crippen LogP contribution >= 0.6 is 11.3 Å². The first-order chi connectivity index (χ1) is 34.9. The molecule has 0 saturated carbocycles. The smallest absolute Gasteiger partial charge is 0.247 e.